The lowest BCUT2D eigenvalue weighted by atomic mass is 9.43. The first kappa shape index (κ1) is 38.5. The number of non-ortho nitro benzene ring substituents is 1. The third-order valence-electron chi connectivity index (χ3n) is 12.5. The fourth-order valence-electron chi connectivity index (χ4n) is 9.29. The number of aromatic nitrogens is 2. The number of fused-ring (bicyclic) bond motifs is 1. The average Bonchev–Trinajstić information content (AvgIpc) is 3.64. The topological polar surface area (TPSA) is 167 Å². The molecule has 17 heteroatoms. The van der Waals surface area contributed by atoms with Crippen LogP contribution in [0.5, 0.6) is 0 Å². The minimum absolute atomic E-state index is 0.0208. The summed E-state index contributed by atoms with van der Waals surface area (Å²) in [6, 6.07) is 8.95. The second-order valence-corrected chi connectivity index (χ2v) is 16.4. The van der Waals surface area contributed by atoms with E-state index < -0.39 is 64.2 Å². The maximum atomic E-state index is 14.3. The number of carbonyl (C=O) groups excluding carboxylic acids is 2. The zero-order chi connectivity index (χ0) is 39.7. The fraction of sp³-hybridized carbons (Fsp3) is 0.526. The van der Waals surface area contributed by atoms with Crippen molar-refractivity contribution in [2.24, 2.45) is 17.3 Å². The second-order valence-electron chi connectivity index (χ2n) is 16.4. The van der Waals surface area contributed by atoms with E-state index in [0.29, 0.717) is 23.9 Å². The van der Waals surface area contributed by atoms with Gasteiger partial charge in [-0.2, -0.15) is 13.2 Å². The number of rotatable bonds is 11. The largest absolute Gasteiger partial charge is 0.481 e. The number of benzene rings is 2. The van der Waals surface area contributed by atoms with Gasteiger partial charge in [-0.15, -0.1) is 0 Å². The standard InChI is InChI=1S/C38H44BF3N6O7/c1-6-30(39-54-29-16-23-15-28(35(23,2)3)37(29,5)55-39)46-32(50)27-17-36(4,18-31(49)45-24-10-12-25(13-11-24)48(52)53)34-44-20-26(33(51)47(27)34)43-19-21-8-7-9-22(14-21)38(40,41)42/h7-14,20,23,27-30,43H,6,15-19H2,1-5H3,(H,45,49)(H,46,50)/t23-,27-,28-,29+,30-,36-,37-/m0/s1. The molecule has 5 aliphatic rings. The molecule has 2 aliphatic heterocycles. The van der Waals surface area contributed by atoms with Crippen LogP contribution in [0, 0.1) is 27.4 Å². The Morgan fingerprint density at radius 3 is 2.51 bits per heavy atom. The number of carbonyl (C=O) groups is 2. The van der Waals surface area contributed by atoms with Crippen LogP contribution in [0.2, 0.25) is 0 Å². The average molecular weight is 765 g/mol. The highest BCUT2D eigenvalue weighted by molar-refractivity contribution is 6.47. The van der Waals surface area contributed by atoms with Gasteiger partial charge in [0.1, 0.15) is 17.6 Å². The molecule has 1 saturated heterocycles. The van der Waals surface area contributed by atoms with Crippen molar-refractivity contribution in [2.45, 2.75) is 109 Å². The SMILES string of the molecule is CC[C@H](NC(=O)[C@@H]1C[C@@](C)(CC(=O)Nc2ccc([N+](=O)[O-])cc2)c2ncc(NCc3cccc(C(F)(F)F)c3)c(=O)n21)B1O[C@@H]2C[C@@H]3C[C@@H](C3(C)C)[C@]2(C)O1. The quantitative estimate of drug-likeness (QED) is 0.118. The van der Waals surface area contributed by atoms with Crippen LogP contribution in [0.1, 0.15) is 89.7 Å². The number of nitro groups is 1. The van der Waals surface area contributed by atoms with E-state index >= 15 is 0 Å². The lowest BCUT2D eigenvalue weighted by molar-refractivity contribution is -0.384. The fourth-order valence-corrected chi connectivity index (χ4v) is 9.29. The first-order valence-electron chi connectivity index (χ1n) is 18.5. The molecule has 2 amide bonds. The highest BCUT2D eigenvalue weighted by atomic mass is 19.4. The summed E-state index contributed by atoms with van der Waals surface area (Å²) in [7, 11) is -0.714. The van der Waals surface area contributed by atoms with Crippen molar-refractivity contribution in [2.75, 3.05) is 10.6 Å². The molecule has 3 aliphatic carbocycles. The molecule has 3 heterocycles. The summed E-state index contributed by atoms with van der Waals surface area (Å²) in [4.78, 5) is 57.1. The Morgan fingerprint density at radius 2 is 1.85 bits per heavy atom. The monoisotopic (exact) mass is 764 g/mol. The van der Waals surface area contributed by atoms with Gasteiger partial charge in [-0.3, -0.25) is 29.1 Å². The molecule has 2 bridgehead atoms. The van der Waals surface area contributed by atoms with Gasteiger partial charge in [0.15, 0.2) is 0 Å². The van der Waals surface area contributed by atoms with Crippen LogP contribution in [-0.2, 0) is 37.0 Å². The molecule has 8 rings (SSSR count). The van der Waals surface area contributed by atoms with Crippen LogP contribution in [0.3, 0.4) is 0 Å². The highest BCUT2D eigenvalue weighted by Gasteiger charge is 2.68. The molecular formula is C38H44BF3N6O7. The number of alkyl halides is 3. The number of nitro benzene ring substituents is 1. The molecule has 4 fully saturated rings. The maximum Gasteiger partial charge on any atom is 0.481 e. The number of nitrogens with one attached hydrogen (secondary N) is 3. The lowest BCUT2D eigenvalue weighted by Gasteiger charge is -2.64. The minimum Gasteiger partial charge on any atom is -0.404 e. The van der Waals surface area contributed by atoms with E-state index in [1.165, 1.54) is 47.2 Å². The molecule has 0 spiro atoms. The Hall–Kier alpha value is -4.77. The molecule has 13 nitrogen and oxygen atoms in total. The van der Waals surface area contributed by atoms with Crippen molar-refractivity contribution < 1.29 is 37.0 Å². The number of hydrogen-bond donors (Lipinski definition) is 3. The van der Waals surface area contributed by atoms with Crippen molar-refractivity contribution in [3.8, 4) is 0 Å². The summed E-state index contributed by atoms with van der Waals surface area (Å²) < 4.78 is 54.5. The maximum absolute atomic E-state index is 14.3. The molecule has 0 unspecified atom stereocenters. The number of anilines is 2. The Balaban J connectivity index is 1.14. The molecular weight excluding hydrogens is 720 g/mol. The Kier molecular flexibility index (Phi) is 9.64. The number of halogens is 3. The molecule has 0 radical (unpaired) electrons. The molecule has 3 saturated carbocycles. The van der Waals surface area contributed by atoms with Crippen molar-refractivity contribution in [3.63, 3.8) is 0 Å². The highest BCUT2D eigenvalue weighted by Crippen LogP contribution is 2.65. The van der Waals surface area contributed by atoms with Crippen molar-refractivity contribution in [1.29, 1.82) is 0 Å². The first-order valence-corrected chi connectivity index (χ1v) is 18.5. The van der Waals surface area contributed by atoms with Crippen LogP contribution in [-0.4, -0.2) is 51.1 Å². The molecule has 3 aromatic rings. The van der Waals surface area contributed by atoms with Crippen LogP contribution in [0.15, 0.2) is 59.5 Å². The first-order chi connectivity index (χ1) is 25.8. The number of nitrogens with zero attached hydrogens (tertiary/aromatic N) is 3. The van der Waals surface area contributed by atoms with E-state index in [4.69, 9.17) is 9.31 Å². The van der Waals surface area contributed by atoms with Crippen LogP contribution >= 0.6 is 0 Å². The van der Waals surface area contributed by atoms with Gasteiger partial charge in [-0.25, -0.2) is 4.98 Å². The van der Waals surface area contributed by atoms with E-state index in [9.17, 15) is 37.7 Å². The van der Waals surface area contributed by atoms with E-state index in [1.54, 1.807) is 6.92 Å². The lowest BCUT2D eigenvalue weighted by Crippen LogP contribution is -2.65. The van der Waals surface area contributed by atoms with Gasteiger partial charge in [-0.05, 0) is 79.7 Å². The van der Waals surface area contributed by atoms with Crippen molar-refractivity contribution >= 4 is 36.0 Å². The number of hydrogen-bond acceptors (Lipinski definition) is 9. The normalized spacial score (nSPS) is 28.0. The van der Waals surface area contributed by atoms with Gasteiger partial charge in [0.05, 0.1) is 34.3 Å². The summed E-state index contributed by atoms with van der Waals surface area (Å²) in [6.45, 7) is 10.1. The van der Waals surface area contributed by atoms with Gasteiger partial charge in [-0.1, -0.05) is 39.8 Å². The van der Waals surface area contributed by atoms with E-state index in [1.807, 2.05) is 6.92 Å². The summed E-state index contributed by atoms with van der Waals surface area (Å²) in [5, 5.41) is 19.8. The van der Waals surface area contributed by atoms with Gasteiger partial charge < -0.3 is 25.3 Å². The molecule has 292 valence electrons. The predicted octanol–water partition coefficient (Wildman–Crippen LogP) is 6.18. The smallest absolute Gasteiger partial charge is 0.404 e. The Bertz CT molecular complexity index is 2080. The van der Waals surface area contributed by atoms with Crippen LogP contribution in [0.25, 0.3) is 0 Å². The summed E-state index contributed by atoms with van der Waals surface area (Å²) in [5.74, 6) is -0.490. The van der Waals surface area contributed by atoms with Gasteiger partial charge in [0.25, 0.3) is 11.2 Å². The summed E-state index contributed by atoms with van der Waals surface area (Å²) in [5.41, 5.74) is -2.53. The zero-order valence-corrected chi connectivity index (χ0v) is 31.2. The van der Waals surface area contributed by atoms with E-state index in [-0.39, 0.29) is 53.7 Å². The van der Waals surface area contributed by atoms with E-state index in [2.05, 4.69) is 41.7 Å². The second kappa shape index (κ2) is 13.8. The Morgan fingerprint density at radius 1 is 1.13 bits per heavy atom. The van der Waals surface area contributed by atoms with Gasteiger partial charge in [0, 0.05) is 36.2 Å². The van der Waals surface area contributed by atoms with Gasteiger partial charge in [0.2, 0.25) is 11.8 Å². The third-order valence-corrected chi connectivity index (χ3v) is 12.5. The van der Waals surface area contributed by atoms with Crippen LogP contribution in [0.4, 0.5) is 30.2 Å². The molecule has 3 N–H and O–H groups in total. The predicted molar refractivity (Wildman–Crippen MR) is 197 cm³/mol. The summed E-state index contributed by atoms with van der Waals surface area (Å²) >= 11 is 0. The zero-order valence-electron chi connectivity index (χ0n) is 31.2. The molecule has 2 aromatic carbocycles. The van der Waals surface area contributed by atoms with Crippen molar-refractivity contribution in [1.82, 2.24) is 14.9 Å². The van der Waals surface area contributed by atoms with Gasteiger partial charge >= 0.3 is 13.3 Å². The molecule has 7 atom stereocenters. The summed E-state index contributed by atoms with van der Waals surface area (Å²) in [6.07, 6.45) is -1.16. The molecule has 1 aromatic heterocycles. The van der Waals surface area contributed by atoms with Crippen molar-refractivity contribution in [3.05, 3.63) is 92.1 Å². The van der Waals surface area contributed by atoms with Crippen LogP contribution < -0.4 is 21.5 Å². The third kappa shape index (κ3) is 6.89. The molecule has 55 heavy (non-hydrogen) atoms. The number of amides is 2. The van der Waals surface area contributed by atoms with E-state index in [0.717, 1.165) is 25.0 Å². The minimum atomic E-state index is -4.54. The Labute approximate surface area is 316 Å².